The molecule has 0 bridgehead atoms. The maximum Gasteiger partial charge on any atom is 0.266 e. The summed E-state index contributed by atoms with van der Waals surface area (Å²) in [5, 5.41) is 3.88. The van der Waals surface area contributed by atoms with Crippen LogP contribution in [0.1, 0.15) is 15.9 Å². The second kappa shape index (κ2) is 6.62. The van der Waals surface area contributed by atoms with Gasteiger partial charge in [-0.3, -0.25) is 14.6 Å². The summed E-state index contributed by atoms with van der Waals surface area (Å²) in [7, 11) is 0. The quantitative estimate of drug-likeness (QED) is 0.773. The summed E-state index contributed by atoms with van der Waals surface area (Å²) >= 11 is 5.72. The predicted octanol–water partition coefficient (Wildman–Crippen LogP) is 2.55. The lowest BCUT2D eigenvalue weighted by molar-refractivity contribution is 0.0954. The number of para-hydroxylation sites is 1. The van der Waals surface area contributed by atoms with Crippen molar-refractivity contribution in [3.05, 3.63) is 75.3 Å². The molecule has 0 unspecified atom stereocenters. The molecule has 3 aromatic rings. The molecule has 0 radical (unpaired) electrons. The summed E-state index contributed by atoms with van der Waals surface area (Å²) in [6.45, 7) is 0.464. The summed E-state index contributed by atoms with van der Waals surface area (Å²) in [6.07, 6.45) is 3.77. The number of nitrogens with zero attached hydrogens (tertiary/aromatic N) is 1. The predicted molar refractivity (Wildman–Crippen MR) is 89.9 cm³/mol. The lowest BCUT2D eigenvalue weighted by Gasteiger charge is -2.07. The van der Waals surface area contributed by atoms with Gasteiger partial charge in [0.05, 0.1) is 11.1 Å². The Balaban J connectivity index is 1.67. The fourth-order valence-electron chi connectivity index (χ4n) is 2.37. The van der Waals surface area contributed by atoms with E-state index < -0.39 is 5.56 Å². The van der Waals surface area contributed by atoms with Gasteiger partial charge >= 0.3 is 0 Å². The number of benzene rings is 1. The first-order chi connectivity index (χ1) is 11.1. The molecule has 0 aliphatic rings. The number of carbonyl (C=O) groups excluding carboxylic acids is 1. The minimum Gasteiger partial charge on any atom is -0.352 e. The molecule has 6 heteroatoms. The lowest BCUT2D eigenvalue weighted by atomic mass is 10.1. The van der Waals surface area contributed by atoms with E-state index >= 15 is 0 Å². The molecular formula is C17H14ClN3O2. The molecule has 5 nitrogen and oxygen atoms in total. The number of aromatic nitrogens is 2. The number of nitrogens with one attached hydrogen (secondary N) is 2. The molecule has 0 saturated heterocycles. The number of pyridine rings is 2. The summed E-state index contributed by atoms with van der Waals surface area (Å²) < 4.78 is 0. The number of fused-ring (bicyclic) bond motifs is 1. The number of hydrogen-bond donors (Lipinski definition) is 2. The van der Waals surface area contributed by atoms with Crippen molar-refractivity contribution in [2.75, 3.05) is 6.54 Å². The van der Waals surface area contributed by atoms with Crippen molar-refractivity contribution in [2.24, 2.45) is 0 Å². The number of rotatable bonds is 4. The maximum atomic E-state index is 12.1. The van der Waals surface area contributed by atoms with Crippen LogP contribution in [0.15, 0.2) is 53.6 Å². The van der Waals surface area contributed by atoms with E-state index in [1.54, 1.807) is 6.20 Å². The Morgan fingerprint density at radius 1 is 1.26 bits per heavy atom. The molecule has 0 spiro atoms. The number of hydrogen-bond acceptors (Lipinski definition) is 3. The van der Waals surface area contributed by atoms with Crippen LogP contribution in [0.2, 0.25) is 5.02 Å². The Bertz CT molecular complexity index is 916. The molecule has 0 atom stereocenters. The Hall–Kier alpha value is -2.66. The van der Waals surface area contributed by atoms with Gasteiger partial charge in [-0.25, -0.2) is 0 Å². The first-order valence-corrected chi connectivity index (χ1v) is 7.52. The second-order valence-electron chi connectivity index (χ2n) is 5.06. The molecule has 0 fully saturated rings. The minimum atomic E-state index is -0.412. The van der Waals surface area contributed by atoms with Gasteiger partial charge in [-0.05, 0) is 24.1 Å². The number of amides is 1. The van der Waals surface area contributed by atoms with Crippen LogP contribution in [0.5, 0.6) is 0 Å². The molecular weight excluding hydrogens is 314 g/mol. The summed E-state index contributed by atoms with van der Waals surface area (Å²) in [5.41, 5.74) is 1.93. The summed E-state index contributed by atoms with van der Waals surface area (Å²) in [4.78, 5) is 30.1. The largest absolute Gasteiger partial charge is 0.352 e. The van der Waals surface area contributed by atoms with Crippen molar-refractivity contribution < 1.29 is 4.79 Å². The number of halogens is 1. The molecule has 0 aliphatic heterocycles. The molecule has 0 aliphatic carbocycles. The molecule has 1 amide bonds. The minimum absolute atomic E-state index is 0.00379. The molecule has 3 rings (SSSR count). The fourth-order valence-corrected chi connectivity index (χ4v) is 2.54. The van der Waals surface area contributed by atoms with Crippen molar-refractivity contribution in [1.29, 1.82) is 0 Å². The van der Waals surface area contributed by atoms with Crippen molar-refractivity contribution in [1.82, 2.24) is 15.3 Å². The van der Waals surface area contributed by atoms with Crippen molar-refractivity contribution >= 4 is 28.4 Å². The first kappa shape index (κ1) is 15.2. The van der Waals surface area contributed by atoms with E-state index in [1.807, 2.05) is 30.3 Å². The van der Waals surface area contributed by atoms with E-state index in [0.29, 0.717) is 18.5 Å². The third-order valence-corrected chi connectivity index (χ3v) is 3.80. The van der Waals surface area contributed by atoms with Gasteiger partial charge in [0.2, 0.25) is 0 Å². The average Bonchev–Trinajstić information content (AvgIpc) is 2.57. The normalized spacial score (nSPS) is 10.7. The highest BCUT2D eigenvalue weighted by molar-refractivity contribution is 6.30. The average molecular weight is 328 g/mol. The van der Waals surface area contributed by atoms with E-state index in [4.69, 9.17) is 11.6 Å². The Morgan fingerprint density at radius 3 is 2.91 bits per heavy atom. The van der Waals surface area contributed by atoms with Crippen LogP contribution >= 0.6 is 11.6 Å². The van der Waals surface area contributed by atoms with Crippen molar-refractivity contribution in [3.8, 4) is 0 Å². The highest BCUT2D eigenvalue weighted by Gasteiger charge is 2.08. The molecule has 0 saturated carbocycles. The molecule has 23 heavy (non-hydrogen) atoms. The van der Waals surface area contributed by atoms with Crippen LogP contribution in [0.25, 0.3) is 10.9 Å². The van der Waals surface area contributed by atoms with Gasteiger partial charge in [0.15, 0.2) is 0 Å². The topological polar surface area (TPSA) is 74.8 Å². The molecule has 1 aromatic carbocycles. The molecule has 116 valence electrons. The van der Waals surface area contributed by atoms with Crippen LogP contribution in [0.3, 0.4) is 0 Å². The van der Waals surface area contributed by atoms with Crippen molar-refractivity contribution in [3.63, 3.8) is 0 Å². The summed E-state index contributed by atoms with van der Waals surface area (Å²) in [6, 6.07) is 11.2. The van der Waals surface area contributed by atoms with Gasteiger partial charge in [-0.15, -0.1) is 0 Å². The third-order valence-electron chi connectivity index (χ3n) is 3.52. The maximum absolute atomic E-state index is 12.1. The lowest BCUT2D eigenvalue weighted by Crippen LogP contribution is -2.26. The van der Waals surface area contributed by atoms with Crippen LogP contribution in [0, 0.1) is 0 Å². The third kappa shape index (κ3) is 3.40. The Kier molecular flexibility index (Phi) is 4.39. The molecule has 2 N–H and O–H groups in total. The number of carbonyl (C=O) groups is 1. The van der Waals surface area contributed by atoms with E-state index in [2.05, 4.69) is 15.3 Å². The Morgan fingerprint density at radius 2 is 2.09 bits per heavy atom. The van der Waals surface area contributed by atoms with Gasteiger partial charge in [-0.1, -0.05) is 35.9 Å². The van der Waals surface area contributed by atoms with Crippen LogP contribution < -0.4 is 10.9 Å². The van der Waals surface area contributed by atoms with Gasteiger partial charge < -0.3 is 10.3 Å². The van der Waals surface area contributed by atoms with E-state index in [0.717, 1.165) is 16.5 Å². The van der Waals surface area contributed by atoms with Gasteiger partial charge in [-0.2, -0.15) is 0 Å². The number of H-pyrrole nitrogens is 1. The second-order valence-corrected chi connectivity index (χ2v) is 5.47. The highest BCUT2D eigenvalue weighted by Crippen LogP contribution is 2.16. The zero-order chi connectivity index (χ0) is 16.2. The zero-order valence-electron chi connectivity index (χ0n) is 12.2. The summed E-state index contributed by atoms with van der Waals surface area (Å²) in [5.74, 6) is -0.281. The monoisotopic (exact) mass is 327 g/mol. The first-order valence-electron chi connectivity index (χ1n) is 7.14. The molecule has 2 heterocycles. The standard InChI is InChI=1S/C17H14ClN3O2/c18-14-9-13(10-21-17(14)23)16(22)20-8-6-12-4-1-3-11-5-2-7-19-15(11)12/h1-5,7,9-10H,6,8H2,(H,20,22)(H,21,23). The SMILES string of the molecule is O=C(NCCc1cccc2cccnc12)c1c[nH]c(=O)c(Cl)c1. The van der Waals surface area contributed by atoms with Crippen LogP contribution in [-0.4, -0.2) is 22.4 Å². The van der Waals surface area contributed by atoms with Crippen LogP contribution in [-0.2, 0) is 6.42 Å². The smallest absolute Gasteiger partial charge is 0.266 e. The number of aromatic amines is 1. The van der Waals surface area contributed by atoms with Crippen LogP contribution in [0.4, 0.5) is 0 Å². The van der Waals surface area contributed by atoms with E-state index in [1.165, 1.54) is 12.3 Å². The Labute approximate surface area is 137 Å². The fraction of sp³-hybridized carbons (Fsp3) is 0.118. The van der Waals surface area contributed by atoms with Gasteiger partial charge in [0.25, 0.3) is 11.5 Å². The van der Waals surface area contributed by atoms with E-state index in [-0.39, 0.29) is 10.9 Å². The van der Waals surface area contributed by atoms with E-state index in [9.17, 15) is 9.59 Å². The van der Waals surface area contributed by atoms with Crippen molar-refractivity contribution in [2.45, 2.75) is 6.42 Å². The van der Waals surface area contributed by atoms with Gasteiger partial charge in [0.1, 0.15) is 5.02 Å². The van der Waals surface area contributed by atoms with Gasteiger partial charge in [0, 0.05) is 24.3 Å². The highest BCUT2D eigenvalue weighted by atomic mass is 35.5. The zero-order valence-corrected chi connectivity index (χ0v) is 12.9. The molecule has 2 aromatic heterocycles.